The molecule has 0 spiro atoms. The molecular weight excluding hydrogens is 318 g/mol. The van der Waals surface area contributed by atoms with Gasteiger partial charge in [-0.2, -0.15) is 0 Å². The second-order valence-corrected chi connectivity index (χ2v) is 6.71. The molecule has 2 aromatic rings. The molecule has 0 unspecified atom stereocenters. The topological polar surface area (TPSA) is 62.9 Å². The van der Waals surface area contributed by atoms with Gasteiger partial charge in [0.05, 0.1) is 25.0 Å². The number of rotatable bonds is 8. The fraction of sp³-hybridized carbons (Fsp3) is 0.350. The van der Waals surface area contributed by atoms with Crippen molar-refractivity contribution >= 4 is 5.91 Å². The standard InChI is InChI=1S/C20H25NO4/c1-15(2)13-25-17-9-7-16(8-10-17)19(23)21(20(3,4)14-22)12-18-6-5-11-24-18/h5-11,22H,1,12-14H2,2-4H3. The molecule has 134 valence electrons. The predicted octanol–water partition coefficient (Wildman–Crippen LogP) is 3.65. The van der Waals surface area contributed by atoms with E-state index in [2.05, 4.69) is 6.58 Å². The number of carbonyl (C=O) groups is 1. The molecule has 0 aliphatic carbocycles. The van der Waals surface area contributed by atoms with Crippen LogP contribution in [0.25, 0.3) is 0 Å². The van der Waals surface area contributed by atoms with E-state index >= 15 is 0 Å². The summed E-state index contributed by atoms with van der Waals surface area (Å²) in [5, 5.41) is 9.70. The summed E-state index contributed by atoms with van der Waals surface area (Å²) >= 11 is 0. The molecule has 2 rings (SSSR count). The van der Waals surface area contributed by atoms with Crippen molar-refractivity contribution in [3.8, 4) is 5.75 Å². The molecule has 0 saturated heterocycles. The van der Waals surface area contributed by atoms with Gasteiger partial charge in [-0.25, -0.2) is 0 Å². The van der Waals surface area contributed by atoms with Crippen LogP contribution in [0.15, 0.2) is 59.2 Å². The minimum absolute atomic E-state index is 0.154. The van der Waals surface area contributed by atoms with Crippen molar-refractivity contribution in [3.63, 3.8) is 0 Å². The summed E-state index contributed by atoms with van der Waals surface area (Å²) in [7, 11) is 0. The Kier molecular flexibility index (Phi) is 6.04. The third kappa shape index (κ3) is 4.97. The Balaban J connectivity index is 2.19. The molecule has 1 aromatic heterocycles. The fourth-order valence-corrected chi connectivity index (χ4v) is 2.26. The number of aliphatic hydroxyl groups excluding tert-OH is 1. The van der Waals surface area contributed by atoms with Gasteiger partial charge in [-0.3, -0.25) is 4.79 Å². The molecule has 1 aromatic carbocycles. The van der Waals surface area contributed by atoms with E-state index in [1.54, 1.807) is 41.5 Å². The molecule has 0 aliphatic rings. The molecule has 0 bridgehead atoms. The minimum Gasteiger partial charge on any atom is -0.489 e. The van der Waals surface area contributed by atoms with E-state index in [0.717, 1.165) is 5.57 Å². The van der Waals surface area contributed by atoms with Gasteiger partial charge in [0.25, 0.3) is 5.91 Å². The number of furan rings is 1. The Morgan fingerprint density at radius 3 is 2.48 bits per heavy atom. The fourth-order valence-electron chi connectivity index (χ4n) is 2.26. The first-order chi connectivity index (χ1) is 11.8. The van der Waals surface area contributed by atoms with Crippen LogP contribution < -0.4 is 4.74 Å². The first-order valence-electron chi connectivity index (χ1n) is 8.16. The van der Waals surface area contributed by atoms with Crippen LogP contribution >= 0.6 is 0 Å². The van der Waals surface area contributed by atoms with Crippen LogP contribution in [0.5, 0.6) is 5.75 Å². The van der Waals surface area contributed by atoms with E-state index in [9.17, 15) is 9.90 Å². The summed E-state index contributed by atoms with van der Waals surface area (Å²) in [6, 6.07) is 10.5. The maximum Gasteiger partial charge on any atom is 0.254 e. The molecule has 1 amide bonds. The molecule has 0 aliphatic heterocycles. The Morgan fingerprint density at radius 1 is 1.28 bits per heavy atom. The van der Waals surface area contributed by atoms with E-state index in [1.807, 2.05) is 26.8 Å². The van der Waals surface area contributed by atoms with Gasteiger partial charge < -0.3 is 19.2 Å². The van der Waals surface area contributed by atoms with E-state index in [1.165, 1.54) is 0 Å². The van der Waals surface area contributed by atoms with Gasteiger partial charge in [0.15, 0.2) is 0 Å². The Morgan fingerprint density at radius 2 is 1.96 bits per heavy atom. The molecule has 1 N–H and O–H groups in total. The number of ether oxygens (including phenoxy) is 1. The lowest BCUT2D eigenvalue weighted by atomic mass is 10.0. The van der Waals surface area contributed by atoms with Crippen molar-refractivity contribution in [2.45, 2.75) is 32.9 Å². The van der Waals surface area contributed by atoms with Crippen LogP contribution in [-0.2, 0) is 6.54 Å². The van der Waals surface area contributed by atoms with E-state index < -0.39 is 5.54 Å². The average Bonchev–Trinajstić information content (AvgIpc) is 3.11. The minimum atomic E-state index is -0.723. The van der Waals surface area contributed by atoms with Gasteiger partial charge in [-0.05, 0) is 62.7 Å². The predicted molar refractivity (Wildman–Crippen MR) is 96.5 cm³/mol. The van der Waals surface area contributed by atoms with Crippen LogP contribution in [0.2, 0.25) is 0 Å². The number of nitrogens with zero attached hydrogens (tertiary/aromatic N) is 1. The number of hydrogen-bond acceptors (Lipinski definition) is 4. The third-order valence-corrected chi connectivity index (χ3v) is 3.84. The quantitative estimate of drug-likeness (QED) is 0.743. The molecule has 5 nitrogen and oxygen atoms in total. The highest BCUT2D eigenvalue weighted by Crippen LogP contribution is 2.22. The largest absolute Gasteiger partial charge is 0.489 e. The number of carbonyl (C=O) groups excluding carboxylic acids is 1. The van der Waals surface area contributed by atoms with Gasteiger partial charge in [0.2, 0.25) is 0 Å². The lowest BCUT2D eigenvalue weighted by Gasteiger charge is -2.36. The highest BCUT2D eigenvalue weighted by Gasteiger charge is 2.31. The molecule has 1 heterocycles. The van der Waals surface area contributed by atoms with Gasteiger partial charge in [0, 0.05) is 5.56 Å². The molecular formula is C20H25NO4. The number of amides is 1. The van der Waals surface area contributed by atoms with E-state index in [0.29, 0.717) is 23.7 Å². The SMILES string of the molecule is C=C(C)COc1ccc(C(=O)N(Cc2ccco2)C(C)(C)CO)cc1. The van der Waals surface area contributed by atoms with Crippen molar-refractivity contribution in [3.05, 3.63) is 66.1 Å². The normalized spacial score (nSPS) is 11.2. The molecule has 0 fully saturated rings. The van der Waals surface area contributed by atoms with E-state index in [-0.39, 0.29) is 19.1 Å². The molecule has 25 heavy (non-hydrogen) atoms. The Hall–Kier alpha value is -2.53. The third-order valence-electron chi connectivity index (χ3n) is 3.84. The first-order valence-corrected chi connectivity index (χ1v) is 8.16. The molecule has 0 saturated carbocycles. The maximum absolute atomic E-state index is 13.0. The highest BCUT2D eigenvalue weighted by molar-refractivity contribution is 5.94. The van der Waals surface area contributed by atoms with Crippen molar-refractivity contribution < 1.29 is 19.1 Å². The Bertz CT molecular complexity index is 702. The van der Waals surface area contributed by atoms with Gasteiger partial charge in [-0.15, -0.1) is 0 Å². The lowest BCUT2D eigenvalue weighted by molar-refractivity contribution is 0.0314. The second kappa shape index (κ2) is 8.03. The van der Waals surface area contributed by atoms with Gasteiger partial charge >= 0.3 is 0 Å². The smallest absolute Gasteiger partial charge is 0.254 e. The van der Waals surface area contributed by atoms with Crippen molar-refractivity contribution in [1.82, 2.24) is 4.90 Å². The number of aliphatic hydroxyl groups is 1. The van der Waals surface area contributed by atoms with Crippen molar-refractivity contribution in [1.29, 1.82) is 0 Å². The van der Waals surface area contributed by atoms with Crippen LogP contribution in [0, 0.1) is 0 Å². The van der Waals surface area contributed by atoms with Crippen molar-refractivity contribution in [2.24, 2.45) is 0 Å². The maximum atomic E-state index is 13.0. The molecule has 5 heteroatoms. The summed E-state index contributed by atoms with van der Waals surface area (Å²) in [5.74, 6) is 1.16. The first kappa shape index (κ1) is 18.8. The van der Waals surface area contributed by atoms with Crippen LogP contribution in [0.1, 0.15) is 36.9 Å². The van der Waals surface area contributed by atoms with Crippen molar-refractivity contribution in [2.75, 3.05) is 13.2 Å². The molecule has 0 radical (unpaired) electrons. The summed E-state index contributed by atoms with van der Waals surface area (Å²) in [5.41, 5.74) is 0.726. The monoisotopic (exact) mass is 343 g/mol. The number of hydrogen-bond donors (Lipinski definition) is 1. The van der Waals surface area contributed by atoms with Crippen LogP contribution in [-0.4, -0.2) is 34.7 Å². The van der Waals surface area contributed by atoms with E-state index in [4.69, 9.17) is 9.15 Å². The molecule has 0 atom stereocenters. The zero-order valence-corrected chi connectivity index (χ0v) is 15.0. The van der Waals surface area contributed by atoms with Gasteiger partial charge in [-0.1, -0.05) is 6.58 Å². The zero-order chi connectivity index (χ0) is 18.4. The Labute approximate surface area is 148 Å². The van der Waals surface area contributed by atoms with Crippen LogP contribution in [0.4, 0.5) is 0 Å². The van der Waals surface area contributed by atoms with Gasteiger partial charge in [0.1, 0.15) is 18.1 Å². The average molecular weight is 343 g/mol. The zero-order valence-electron chi connectivity index (χ0n) is 15.0. The van der Waals surface area contributed by atoms with Crippen LogP contribution in [0.3, 0.4) is 0 Å². The summed E-state index contributed by atoms with van der Waals surface area (Å²) < 4.78 is 10.9. The number of benzene rings is 1. The summed E-state index contributed by atoms with van der Waals surface area (Å²) in [6.07, 6.45) is 1.57. The highest BCUT2D eigenvalue weighted by atomic mass is 16.5. The lowest BCUT2D eigenvalue weighted by Crippen LogP contribution is -2.49. The summed E-state index contributed by atoms with van der Waals surface area (Å²) in [6.45, 7) is 9.89. The summed E-state index contributed by atoms with van der Waals surface area (Å²) in [4.78, 5) is 14.6. The second-order valence-electron chi connectivity index (χ2n) is 6.71.